The Kier molecular flexibility index (Phi) is 9.89. The number of ether oxygens (including phenoxy) is 2. The number of phenols is 1. The zero-order valence-electron chi connectivity index (χ0n) is 15.8. The first-order valence-corrected chi connectivity index (χ1v) is 9.00. The van der Waals surface area contributed by atoms with Crippen LogP contribution in [0.1, 0.15) is 31.7 Å². The Morgan fingerprint density at radius 1 is 1.30 bits per heavy atom. The number of ketones is 1. The fourth-order valence-electron chi connectivity index (χ4n) is 2.99. The molecule has 0 aromatic heterocycles. The number of aromatic hydroxyl groups is 1. The van der Waals surface area contributed by atoms with Crippen LogP contribution in [-0.2, 0) is 14.3 Å². The molecule has 1 aliphatic rings. The molecule has 27 heavy (non-hydrogen) atoms. The van der Waals surface area contributed by atoms with Gasteiger partial charge < -0.3 is 19.5 Å². The molecule has 0 amide bonds. The summed E-state index contributed by atoms with van der Waals surface area (Å²) in [5, 5.41) is 9.57. The van der Waals surface area contributed by atoms with Crippen LogP contribution < -0.4 is 4.74 Å². The van der Waals surface area contributed by atoms with E-state index in [2.05, 4.69) is 4.90 Å². The Labute approximate surface area is 166 Å². The van der Waals surface area contributed by atoms with Gasteiger partial charge in [0.15, 0.2) is 17.3 Å². The first-order chi connectivity index (χ1) is 12.5. The summed E-state index contributed by atoms with van der Waals surface area (Å²) in [5.41, 5.74) is 0.795. The number of likely N-dealkylation sites (tertiary alicyclic amines) is 1. The quantitative estimate of drug-likeness (QED) is 0.536. The fraction of sp³-hybridized carbons (Fsp3) is 0.500. The van der Waals surface area contributed by atoms with Crippen LogP contribution in [0.15, 0.2) is 24.3 Å². The lowest BCUT2D eigenvalue weighted by Crippen LogP contribution is -2.37. The molecule has 1 saturated heterocycles. The maximum atomic E-state index is 12.1. The molecular weight excluding hydrogens is 370 g/mol. The van der Waals surface area contributed by atoms with Crippen LogP contribution in [0.5, 0.6) is 11.5 Å². The summed E-state index contributed by atoms with van der Waals surface area (Å²) in [7, 11) is 1.48. The molecule has 150 valence electrons. The largest absolute Gasteiger partial charge is 0.504 e. The third kappa shape index (κ3) is 7.23. The Hall–Kier alpha value is -2.05. The van der Waals surface area contributed by atoms with Crippen molar-refractivity contribution in [3.8, 4) is 11.5 Å². The predicted octanol–water partition coefficient (Wildman–Crippen LogP) is 3.07. The van der Waals surface area contributed by atoms with E-state index in [9.17, 15) is 14.7 Å². The first-order valence-electron chi connectivity index (χ1n) is 9.00. The standard InChI is InChI=1S/C20H27NO5.ClH/c1-3-26-20(24)16-8-11-21(12-9-16)13-10-17(22)6-4-15-5-7-18(23)19(14-15)25-2;/h4-7,14,16,23H,3,8-13H2,1-2H3;1H. The van der Waals surface area contributed by atoms with Gasteiger partial charge in [-0.15, -0.1) is 12.4 Å². The zero-order chi connectivity index (χ0) is 18.9. The summed E-state index contributed by atoms with van der Waals surface area (Å²) in [6, 6.07) is 4.94. The molecule has 1 heterocycles. The van der Waals surface area contributed by atoms with E-state index in [0.717, 1.165) is 31.5 Å². The molecule has 0 radical (unpaired) electrons. The van der Waals surface area contributed by atoms with Gasteiger partial charge in [0, 0.05) is 13.0 Å². The minimum atomic E-state index is -0.101. The molecule has 1 aliphatic heterocycles. The Bertz CT molecular complexity index is 654. The van der Waals surface area contributed by atoms with Crippen molar-refractivity contribution in [3.63, 3.8) is 0 Å². The minimum Gasteiger partial charge on any atom is -0.504 e. The van der Waals surface area contributed by atoms with Gasteiger partial charge >= 0.3 is 5.97 Å². The second kappa shape index (κ2) is 11.6. The van der Waals surface area contributed by atoms with E-state index in [-0.39, 0.29) is 35.8 Å². The topological polar surface area (TPSA) is 76.1 Å². The van der Waals surface area contributed by atoms with Crippen molar-refractivity contribution in [3.05, 3.63) is 29.8 Å². The zero-order valence-corrected chi connectivity index (χ0v) is 16.7. The SMILES string of the molecule is CCOC(=O)C1CCN(CCC(=O)C=Cc2ccc(O)c(OC)c2)CC1.Cl. The molecule has 0 spiro atoms. The first kappa shape index (κ1) is 23.0. The summed E-state index contributed by atoms with van der Waals surface area (Å²) >= 11 is 0. The molecule has 1 fully saturated rings. The predicted molar refractivity (Wildman–Crippen MR) is 106 cm³/mol. The number of allylic oxidation sites excluding steroid dienone is 1. The third-order valence-electron chi connectivity index (χ3n) is 4.55. The van der Waals surface area contributed by atoms with Crippen molar-refractivity contribution >= 4 is 30.2 Å². The number of phenolic OH excluding ortho intramolecular Hbond substituents is 1. The second-order valence-corrected chi connectivity index (χ2v) is 6.35. The summed E-state index contributed by atoms with van der Waals surface area (Å²) in [5.74, 6) is 0.387. The van der Waals surface area contributed by atoms with Crippen LogP contribution in [0.4, 0.5) is 0 Å². The van der Waals surface area contributed by atoms with Gasteiger partial charge in [0.2, 0.25) is 0 Å². The second-order valence-electron chi connectivity index (χ2n) is 6.35. The van der Waals surface area contributed by atoms with Crippen LogP contribution in [0.3, 0.4) is 0 Å². The van der Waals surface area contributed by atoms with Crippen molar-refractivity contribution in [2.24, 2.45) is 5.92 Å². The van der Waals surface area contributed by atoms with Crippen LogP contribution in [0.2, 0.25) is 0 Å². The van der Waals surface area contributed by atoms with E-state index in [1.165, 1.54) is 13.2 Å². The number of methoxy groups -OCH3 is 1. The van der Waals surface area contributed by atoms with Gasteiger partial charge in [0.05, 0.1) is 19.6 Å². The number of rotatable bonds is 8. The van der Waals surface area contributed by atoms with E-state index in [1.54, 1.807) is 24.3 Å². The average molecular weight is 398 g/mol. The van der Waals surface area contributed by atoms with Gasteiger partial charge in [0.25, 0.3) is 0 Å². The van der Waals surface area contributed by atoms with Crippen LogP contribution in [0, 0.1) is 5.92 Å². The van der Waals surface area contributed by atoms with Crippen molar-refractivity contribution in [1.29, 1.82) is 0 Å². The molecule has 0 saturated carbocycles. The third-order valence-corrected chi connectivity index (χ3v) is 4.55. The smallest absolute Gasteiger partial charge is 0.309 e. The Morgan fingerprint density at radius 3 is 2.63 bits per heavy atom. The lowest BCUT2D eigenvalue weighted by Gasteiger charge is -2.30. The fourth-order valence-corrected chi connectivity index (χ4v) is 2.99. The van der Waals surface area contributed by atoms with Crippen LogP contribution in [-0.4, -0.2) is 55.1 Å². The van der Waals surface area contributed by atoms with Gasteiger partial charge in [-0.2, -0.15) is 0 Å². The van der Waals surface area contributed by atoms with E-state index in [1.807, 2.05) is 6.92 Å². The molecule has 0 aliphatic carbocycles. The van der Waals surface area contributed by atoms with Crippen LogP contribution >= 0.6 is 12.4 Å². The molecule has 0 atom stereocenters. The maximum absolute atomic E-state index is 12.1. The van der Waals surface area contributed by atoms with Crippen molar-refractivity contribution in [1.82, 2.24) is 4.90 Å². The average Bonchev–Trinajstić information content (AvgIpc) is 2.66. The van der Waals surface area contributed by atoms with Gasteiger partial charge in [-0.05, 0) is 56.6 Å². The number of esters is 1. The summed E-state index contributed by atoms with van der Waals surface area (Å²) in [6.45, 7) is 4.57. The maximum Gasteiger partial charge on any atom is 0.309 e. The lowest BCUT2D eigenvalue weighted by molar-refractivity contribution is -0.149. The number of nitrogens with zero attached hydrogens (tertiary/aromatic N) is 1. The van der Waals surface area contributed by atoms with E-state index >= 15 is 0 Å². The van der Waals surface area contributed by atoms with E-state index in [0.29, 0.717) is 25.3 Å². The van der Waals surface area contributed by atoms with E-state index < -0.39 is 0 Å². The molecular formula is C20H28ClNO5. The molecule has 1 aromatic rings. The van der Waals surface area contributed by atoms with Gasteiger partial charge in [-0.25, -0.2) is 0 Å². The Balaban J connectivity index is 0.00000364. The van der Waals surface area contributed by atoms with Gasteiger partial charge in [-0.1, -0.05) is 12.1 Å². The van der Waals surface area contributed by atoms with Crippen molar-refractivity contribution in [2.75, 3.05) is 33.4 Å². The van der Waals surface area contributed by atoms with E-state index in [4.69, 9.17) is 9.47 Å². The lowest BCUT2D eigenvalue weighted by atomic mass is 9.97. The monoisotopic (exact) mass is 397 g/mol. The summed E-state index contributed by atoms with van der Waals surface area (Å²) in [4.78, 5) is 26.0. The molecule has 6 nitrogen and oxygen atoms in total. The number of benzene rings is 1. The molecule has 1 N–H and O–H groups in total. The van der Waals surface area contributed by atoms with Crippen LogP contribution in [0.25, 0.3) is 6.08 Å². The molecule has 7 heteroatoms. The van der Waals surface area contributed by atoms with Crippen molar-refractivity contribution in [2.45, 2.75) is 26.2 Å². The highest BCUT2D eigenvalue weighted by Gasteiger charge is 2.25. The number of carbonyl (C=O) groups excluding carboxylic acids is 2. The highest BCUT2D eigenvalue weighted by molar-refractivity contribution is 5.93. The normalized spacial score (nSPS) is 15.3. The number of piperidine rings is 1. The minimum absolute atomic E-state index is 0. The van der Waals surface area contributed by atoms with Gasteiger partial charge in [0.1, 0.15) is 0 Å². The number of hydrogen-bond donors (Lipinski definition) is 1. The number of hydrogen-bond acceptors (Lipinski definition) is 6. The molecule has 1 aromatic carbocycles. The highest BCUT2D eigenvalue weighted by Crippen LogP contribution is 2.26. The number of halogens is 1. The summed E-state index contributed by atoms with van der Waals surface area (Å²) in [6.07, 6.45) is 5.29. The Morgan fingerprint density at radius 2 is 2.00 bits per heavy atom. The highest BCUT2D eigenvalue weighted by atomic mass is 35.5. The molecule has 0 bridgehead atoms. The molecule has 2 rings (SSSR count). The van der Waals surface area contributed by atoms with Crippen molar-refractivity contribution < 1.29 is 24.2 Å². The summed E-state index contributed by atoms with van der Waals surface area (Å²) < 4.78 is 10.1. The van der Waals surface area contributed by atoms with Gasteiger partial charge in [-0.3, -0.25) is 9.59 Å². The molecule has 0 unspecified atom stereocenters. The number of carbonyl (C=O) groups is 2.